The fraction of sp³-hybridized carbons (Fsp3) is 0.152. The molecule has 0 atom stereocenters. The van der Waals surface area contributed by atoms with Gasteiger partial charge >= 0.3 is 0 Å². The summed E-state index contributed by atoms with van der Waals surface area (Å²) in [4.78, 5) is 20.5. The van der Waals surface area contributed by atoms with E-state index in [-0.39, 0.29) is 10.8 Å². The van der Waals surface area contributed by atoms with Crippen LogP contribution in [0.25, 0.3) is 22.2 Å². The first kappa shape index (κ1) is 27.4. The van der Waals surface area contributed by atoms with Gasteiger partial charge < -0.3 is 15.0 Å². The molecule has 9 heteroatoms. The minimum atomic E-state index is -3.69. The molecular formula is C33H30N4O4S. The molecule has 1 saturated heterocycles. The Morgan fingerprint density at radius 3 is 2.21 bits per heavy atom. The number of hydrogen-bond donors (Lipinski definition) is 1. The fourth-order valence-corrected chi connectivity index (χ4v) is 6.66. The van der Waals surface area contributed by atoms with Crippen molar-refractivity contribution in [1.29, 1.82) is 0 Å². The monoisotopic (exact) mass is 578 g/mol. The van der Waals surface area contributed by atoms with E-state index in [0.717, 1.165) is 27.9 Å². The molecule has 4 aromatic carbocycles. The summed E-state index contributed by atoms with van der Waals surface area (Å²) in [6, 6.07) is 33.1. The summed E-state index contributed by atoms with van der Waals surface area (Å²) in [7, 11) is -2.06. The quantitative estimate of drug-likeness (QED) is 0.268. The molecule has 0 radical (unpaired) electrons. The van der Waals surface area contributed by atoms with Crippen molar-refractivity contribution in [2.45, 2.75) is 4.90 Å². The Balaban J connectivity index is 1.18. The largest absolute Gasteiger partial charge is 0.495 e. The summed E-state index contributed by atoms with van der Waals surface area (Å²) in [5, 5.41) is 3.67. The fourth-order valence-electron chi connectivity index (χ4n) is 5.24. The van der Waals surface area contributed by atoms with E-state index >= 15 is 0 Å². The van der Waals surface area contributed by atoms with E-state index in [2.05, 4.69) is 10.2 Å². The first-order chi connectivity index (χ1) is 20.4. The maximum atomic E-state index is 13.5. The van der Waals surface area contributed by atoms with Crippen molar-refractivity contribution in [3.63, 3.8) is 0 Å². The normalized spacial score (nSPS) is 14.1. The highest BCUT2D eigenvalue weighted by Gasteiger charge is 2.29. The highest BCUT2D eigenvalue weighted by molar-refractivity contribution is 7.89. The zero-order valence-corrected chi connectivity index (χ0v) is 23.9. The van der Waals surface area contributed by atoms with E-state index in [0.29, 0.717) is 43.1 Å². The summed E-state index contributed by atoms with van der Waals surface area (Å²) in [6.45, 7) is 1.83. The van der Waals surface area contributed by atoms with E-state index in [9.17, 15) is 13.2 Å². The van der Waals surface area contributed by atoms with Gasteiger partial charge in [-0.3, -0.25) is 4.79 Å². The second kappa shape index (κ2) is 11.6. The van der Waals surface area contributed by atoms with Crippen molar-refractivity contribution in [1.82, 2.24) is 9.29 Å². The third kappa shape index (κ3) is 5.44. The molecule has 0 saturated carbocycles. The Hall–Kier alpha value is -4.73. The van der Waals surface area contributed by atoms with Gasteiger partial charge in [-0.05, 0) is 48.5 Å². The number of ether oxygens (including phenoxy) is 1. The van der Waals surface area contributed by atoms with Crippen LogP contribution in [0.2, 0.25) is 0 Å². The highest BCUT2D eigenvalue weighted by Crippen LogP contribution is 2.30. The number of piperazine rings is 1. The van der Waals surface area contributed by atoms with Gasteiger partial charge in [0.15, 0.2) is 0 Å². The SMILES string of the molecule is COc1ccccc1N1CCN(S(=O)(=O)c2ccc(NC(=O)c3cc(-c4ccccc4)nc4ccccc34)cc2)CC1. The van der Waals surface area contributed by atoms with Crippen LogP contribution < -0.4 is 15.0 Å². The molecule has 1 fully saturated rings. The van der Waals surface area contributed by atoms with Gasteiger partial charge in [-0.15, -0.1) is 0 Å². The Labute approximate surface area is 245 Å². The van der Waals surface area contributed by atoms with Gasteiger partial charge in [-0.2, -0.15) is 4.31 Å². The number of benzene rings is 4. The number of pyridine rings is 1. The molecule has 0 spiro atoms. The number of carbonyl (C=O) groups excluding carboxylic acids is 1. The van der Waals surface area contributed by atoms with Crippen LogP contribution in [-0.2, 0) is 10.0 Å². The molecule has 1 N–H and O–H groups in total. The van der Waals surface area contributed by atoms with Crippen LogP contribution in [0.15, 0.2) is 114 Å². The van der Waals surface area contributed by atoms with E-state index < -0.39 is 10.0 Å². The summed E-state index contributed by atoms with van der Waals surface area (Å²) < 4.78 is 33.8. The van der Waals surface area contributed by atoms with Crippen molar-refractivity contribution in [3.05, 3.63) is 115 Å². The lowest BCUT2D eigenvalue weighted by Crippen LogP contribution is -2.48. The van der Waals surface area contributed by atoms with Gasteiger partial charge in [0, 0.05) is 42.8 Å². The minimum absolute atomic E-state index is 0.187. The molecule has 212 valence electrons. The van der Waals surface area contributed by atoms with Crippen LogP contribution in [-0.4, -0.2) is 56.9 Å². The number of amides is 1. The molecule has 1 aliphatic rings. The molecule has 0 bridgehead atoms. The van der Waals surface area contributed by atoms with E-state index in [4.69, 9.17) is 9.72 Å². The lowest BCUT2D eigenvalue weighted by atomic mass is 10.0. The van der Waals surface area contributed by atoms with Crippen molar-refractivity contribution >= 4 is 38.2 Å². The standard InChI is InChI=1S/C33H30N4O4S/c1-41-32-14-8-7-13-31(32)36-19-21-37(22-20-36)42(39,40)26-17-15-25(16-18-26)34-33(38)28-23-30(24-9-3-2-4-10-24)35-29-12-6-5-11-27(28)29/h2-18,23H,19-22H2,1H3,(H,34,38). The van der Waals surface area contributed by atoms with E-state index in [1.165, 1.54) is 16.4 Å². The summed E-state index contributed by atoms with van der Waals surface area (Å²) >= 11 is 0. The second-order valence-corrected chi connectivity index (χ2v) is 11.9. The van der Waals surface area contributed by atoms with Gasteiger partial charge in [0.25, 0.3) is 5.91 Å². The van der Waals surface area contributed by atoms with Gasteiger partial charge in [-0.25, -0.2) is 13.4 Å². The van der Waals surface area contributed by atoms with E-state index in [1.807, 2.05) is 78.9 Å². The van der Waals surface area contributed by atoms with Crippen molar-refractivity contribution in [2.75, 3.05) is 43.5 Å². The number of sulfonamides is 1. The van der Waals surface area contributed by atoms with Crippen LogP contribution in [0, 0.1) is 0 Å². The lowest BCUT2D eigenvalue weighted by molar-refractivity contribution is 0.102. The number of nitrogens with zero attached hydrogens (tertiary/aromatic N) is 3. The molecule has 1 amide bonds. The van der Waals surface area contributed by atoms with E-state index in [1.54, 1.807) is 25.3 Å². The molecule has 8 nitrogen and oxygen atoms in total. The molecule has 0 unspecified atom stereocenters. The van der Waals surface area contributed by atoms with Gasteiger partial charge in [0.1, 0.15) is 5.75 Å². The number of hydrogen-bond acceptors (Lipinski definition) is 6. The third-order valence-electron chi connectivity index (χ3n) is 7.44. The molecule has 6 rings (SSSR count). The Kier molecular flexibility index (Phi) is 7.60. The zero-order valence-electron chi connectivity index (χ0n) is 23.1. The summed E-state index contributed by atoms with van der Waals surface area (Å²) in [5.74, 6) is 0.469. The minimum Gasteiger partial charge on any atom is -0.495 e. The van der Waals surface area contributed by atoms with Crippen LogP contribution in [0.5, 0.6) is 5.75 Å². The predicted octanol–water partition coefficient (Wildman–Crippen LogP) is 5.67. The molecule has 0 aliphatic carbocycles. The average Bonchev–Trinajstić information content (AvgIpc) is 3.05. The molecule has 2 heterocycles. The van der Waals surface area contributed by atoms with Crippen molar-refractivity contribution in [3.8, 4) is 17.0 Å². The number of anilines is 2. The molecule has 1 aliphatic heterocycles. The summed E-state index contributed by atoms with van der Waals surface area (Å²) in [5.41, 5.74) is 4.28. The Morgan fingerprint density at radius 2 is 1.48 bits per heavy atom. The maximum Gasteiger partial charge on any atom is 0.256 e. The van der Waals surface area contributed by atoms with Crippen LogP contribution >= 0.6 is 0 Å². The first-order valence-electron chi connectivity index (χ1n) is 13.7. The topological polar surface area (TPSA) is 91.8 Å². The maximum absolute atomic E-state index is 13.5. The van der Waals surface area contributed by atoms with Crippen molar-refractivity contribution in [2.24, 2.45) is 0 Å². The number of rotatable bonds is 7. The molecule has 1 aromatic heterocycles. The molecular weight excluding hydrogens is 548 g/mol. The zero-order chi connectivity index (χ0) is 29.1. The average molecular weight is 579 g/mol. The van der Waals surface area contributed by atoms with Crippen LogP contribution in [0.1, 0.15) is 10.4 Å². The number of para-hydroxylation sites is 3. The van der Waals surface area contributed by atoms with Gasteiger partial charge in [0.05, 0.1) is 34.5 Å². The third-order valence-corrected chi connectivity index (χ3v) is 9.36. The first-order valence-corrected chi connectivity index (χ1v) is 15.1. The number of carbonyl (C=O) groups is 1. The number of fused-ring (bicyclic) bond motifs is 1. The second-order valence-electron chi connectivity index (χ2n) is 9.98. The predicted molar refractivity (Wildman–Crippen MR) is 166 cm³/mol. The van der Waals surface area contributed by atoms with Crippen molar-refractivity contribution < 1.29 is 17.9 Å². The lowest BCUT2D eigenvalue weighted by Gasteiger charge is -2.35. The van der Waals surface area contributed by atoms with Crippen LogP contribution in [0.4, 0.5) is 11.4 Å². The van der Waals surface area contributed by atoms with Gasteiger partial charge in [-0.1, -0.05) is 60.7 Å². The number of methoxy groups -OCH3 is 1. The van der Waals surface area contributed by atoms with Crippen LogP contribution in [0.3, 0.4) is 0 Å². The highest BCUT2D eigenvalue weighted by atomic mass is 32.2. The Morgan fingerprint density at radius 1 is 0.810 bits per heavy atom. The summed E-state index contributed by atoms with van der Waals surface area (Å²) in [6.07, 6.45) is 0. The number of aromatic nitrogens is 1. The molecule has 42 heavy (non-hydrogen) atoms. The Bertz CT molecular complexity index is 1840. The number of nitrogens with one attached hydrogen (secondary N) is 1. The molecule has 5 aromatic rings. The van der Waals surface area contributed by atoms with Gasteiger partial charge in [0.2, 0.25) is 10.0 Å². The smallest absolute Gasteiger partial charge is 0.256 e.